The van der Waals surface area contributed by atoms with E-state index in [1.54, 1.807) is 24.3 Å². The van der Waals surface area contributed by atoms with Crippen LogP contribution in [-0.2, 0) is 25.9 Å². The van der Waals surface area contributed by atoms with Gasteiger partial charge in [-0.25, -0.2) is 12.7 Å². The van der Waals surface area contributed by atoms with Gasteiger partial charge in [-0.15, -0.1) is 0 Å². The average molecular weight is 452 g/mol. The normalized spacial score (nSPS) is 15.9. The summed E-state index contributed by atoms with van der Waals surface area (Å²) in [7, 11) is -3.75. The van der Waals surface area contributed by atoms with Crippen molar-refractivity contribution in [2.24, 2.45) is 0 Å². The number of hydrogen-bond donors (Lipinski definition) is 0. The Balaban J connectivity index is 1.69. The first-order chi connectivity index (χ1) is 15.2. The zero-order valence-electron chi connectivity index (χ0n) is 18.7. The fourth-order valence-corrected chi connectivity index (χ4v) is 5.12. The highest BCUT2D eigenvalue weighted by Crippen LogP contribution is 2.37. The molecule has 1 fully saturated rings. The molecule has 1 unspecified atom stereocenters. The van der Waals surface area contributed by atoms with E-state index in [1.807, 2.05) is 54.6 Å². The molecular formula is C26H29NO4S. The Hall–Kier alpha value is -2.83. The van der Waals surface area contributed by atoms with E-state index in [-0.39, 0.29) is 17.3 Å². The Morgan fingerprint density at radius 2 is 1.56 bits per heavy atom. The molecule has 0 aliphatic carbocycles. The molecule has 32 heavy (non-hydrogen) atoms. The summed E-state index contributed by atoms with van der Waals surface area (Å²) in [4.78, 5) is 0. The number of anilines is 2. The predicted molar refractivity (Wildman–Crippen MR) is 128 cm³/mol. The summed E-state index contributed by atoms with van der Waals surface area (Å²) < 4.78 is 40.0. The minimum atomic E-state index is -3.75. The van der Waals surface area contributed by atoms with Crippen LogP contribution in [0, 0.1) is 0 Å². The second-order valence-electron chi connectivity index (χ2n) is 9.04. The first-order valence-electron chi connectivity index (χ1n) is 10.7. The van der Waals surface area contributed by atoms with E-state index in [0.29, 0.717) is 30.3 Å². The third-order valence-electron chi connectivity index (χ3n) is 5.35. The van der Waals surface area contributed by atoms with Crippen LogP contribution in [-0.4, -0.2) is 27.7 Å². The summed E-state index contributed by atoms with van der Waals surface area (Å²) in [6.07, 6.45) is 0.0752. The Bertz CT molecular complexity index is 1150. The molecule has 1 heterocycles. The molecule has 0 bridgehead atoms. The maximum atomic E-state index is 13.7. The van der Waals surface area contributed by atoms with E-state index in [2.05, 4.69) is 20.8 Å². The first kappa shape index (κ1) is 22.4. The van der Waals surface area contributed by atoms with E-state index in [0.717, 1.165) is 5.56 Å². The minimum Gasteiger partial charge on any atom is -0.489 e. The first-order valence-corrected chi connectivity index (χ1v) is 12.4. The van der Waals surface area contributed by atoms with E-state index in [1.165, 1.54) is 9.87 Å². The SMILES string of the molecule is CC(C)(C)c1ccc(CS(=O)(=O)N(c2ccccc2)c2ccccc2OCC2CO2)cc1. The molecule has 0 radical (unpaired) electrons. The Morgan fingerprint density at radius 1 is 0.938 bits per heavy atom. The van der Waals surface area contributed by atoms with Crippen molar-refractivity contribution in [3.05, 3.63) is 90.0 Å². The quantitative estimate of drug-likeness (QED) is 0.429. The van der Waals surface area contributed by atoms with Crippen molar-refractivity contribution in [3.8, 4) is 5.75 Å². The zero-order chi connectivity index (χ0) is 22.8. The largest absolute Gasteiger partial charge is 0.489 e. The van der Waals surface area contributed by atoms with Gasteiger partial charge in [-0.1, -0.05) is 75.4 Å². The Labute approximate surface area is 190 Å². The smallest absolute Gasteiger partial charge is 0.243 e. The molecule has 5 nitrogen and oxygen atoms in total. The van der Waals surface area contributed by atoms with Crippen LogP contribution in [0.3, 0.4) is 0 Å². The molecule has 1 saturated heterocycles. The fourth-order valence-electron chi connectivity index (χ4n) is 3.48. The molecule has 168 valence electrons. The summed E-state index contributed by atoms with van der Waals surface area (Å²) in [5.41, 5.74) is 2.97. The van der Waals surface area contributed by atoms with Crippen molar-refractivity contribution < 1.29 is 17.9 Å². The van der Waals surface area contributed by atoms with E-state index < -0.39 is 10.0 Å². The van der Waals surface area contributed by atoms with Crippen molar-refractivity contribution in [1.29, 1.82) is 0 Å². The third kappa shape index (κ3) is 5.31. The number of ether oxygens (including phenoxy) is 2. The molecule has 1 aliphatic heterocycles. The van der Waals surface area contributed by atoms with E-state index >= 15 is 0 Å². The predicted octanol–water partition coefficient (Wildman–Crippen LogP) is 5.43. The molecule has 1 atom stereocenters. The molecule has 0 saturated carbocycles. The standard InChI is InChI=1S/C26H29NO4S/c1-26(2,3)21-15-13-20(14-16-21)19-32(28,29)27(22-9-5-4-6-10-22)24-11-7-8-12-25(24)31-18-23-17-30-23/h4-16,23H,17-19H2,1-3H3. The summed E-state index contributed by atoms with van der Waals surface area (Å²) in [5, 5.41) is 0. The summed E-state index contributed by atoms with van der Waals surface area (Å²) in [5.74, 6) is 0.394. The highest BCUT2D eigenvalue weighted by molar-refractivity contribution is 7.92. The van der Waals surface area contributed by atoms with Gasteiger partial charge in [0.25, 0.3) is 0 Å². The lowest BCUT2D eigenvalue weighted by atomic mass is 9.87. The van der Waals surface area contributed by atoms with Gasteiger partial charge in [0.15, 0.2) is 0 Å². The minimum absolute atomic E-state index is 0.00896. The van der Waals surface area contributed by atoms with Gasteiger partial charge in [0, 0.05) is 0 Å². The molecule has 0 amide bonds. The van der Waals surface area contributed by atoms with Crippen molar-refractivity contribution in [3.63, 3.8) is 0 Å². The maximum absolute atomic E-state index is 13.7. The zero-order valence-corrected chi connectivity index (χ0v) is 19.5. The molecule has 3 aromatic rings. The number of epoxide rings is 1. The fraction of sp³-hybridized carbons (Fsp3) is 0.308. The summed E-state index contributed by atoms with van der Waals surface area (Å²) >= 11 is 0. The molecular weight excluding hydrogens is 422 g/mol. The Morgan fingerprint density at radius 3 is 2.19 bits per heavy atom. The van der Waals surface area contributed by atoms with Crippen LogP contribution in [0.15, 0.2) is 78.9 Å². The van der Waals surface area contributed by atoms with Crippen LogP contribution >= 0.6 is 0 Å². The van der Waals surface area contributed by atoms with Gasteiger partial charge < -0.3 is 9.47 Å². The van der Waals surface area contributed by atoms with Gasteiger partial charge in [-0.05, 0) is 40.8 Å². The van der Waals surface area contributed by atoms with Crippen molar-refractivity contribution in [2.75, 3.05) is 17.5 Å². The molecule has 4 rings (SSSR count). The van der Waals surface area contributed by atoms with Crippen LogP contribution in [0.4, 0.5) is 11.4 Å². The van der Waals surface area contributed by atoms with Crippen LogP contribution < -0.4 is 9.04 Å². The van der Waals surface area contributed by atoms with Crippen molar-refractivity contribution >= 4 is 21.4 Å². The van der Waals surface area contributed by atoms with E-state index in [9.17, 15) is 8.42 Å². The number of hydrogen-bond acceptors (Lipinski definition) is 4. The molecule has 0 spiro atoms. The number of sulfonamides is 1. The highest BCUT2D eigenvalue weighted by Gasteiger charge is 2.29. The van der Waals surface area contributed by atoms with E-state index in [4.69, 9.17) is 9.47 Å². The second kappa shape index (κ2) is 8.96. The monoisotopic (exact) mass is 451 g/mol. The highest BCUT2D eigenvalue weighted by atomic mass is 32.2. The van der Waals surface area contributed by atoms with Gasteiger partial charge in [0.05, 0.1) is 23.7 Å². The van der Waals surface area contributed by atoms with Crippen molar-refractivity contribution in [2.45, 2.75) is 38.0 Å². The molecule has 1 aliphatic rings. The lowest BCUT2D eigenvalue weighted by Gasteiger charge is -2.26. The molecule has 3 aromatic carbocycles. The number of rotatable bonds is 8. The number of nitrogens with zero attached hydrogens (tertiary/aromatic N) is 1. The lowest BCUT2D eigenvalue weighted by Crippen LogP contribution is -2.28. The van der Waals surface area contributed by atoms with Gasteiger partial charge in [0.1, 0.15) is 18.5 Å². The van der Waals surface area contributed by atoms with Crippen LogP contribution in [0.5, 0.6) is 5.75 Å². The summed E-state index contributed by atoms with van der Waals surface area (Å²) in [6.45, 7) is 7.49. The van der Waals surface area contributed by atoms with Gasteiger partial charge >= 0.3 is 0 Å². The Kier molecular flexibility index (Phi) is 6.26. The van der Waals surface area contributed by atoms with Crippen LogP contribution in [0.1, 0.15) is 31.9 Å². The lowest BCUT2D eigenvalue weighted by molar-refractivity contribution is 0.264. The van der Waals surface area contributed by atoms with Crippen LogP contribution in [0.25, 0.3) is 0 Å². The van der Waals surface area contributed by atoms with Gasteiger partial charge in [-0.3, -0.25) is 0 Å². The molecule has 0 aromatic heterocycles. The summed E-state index contributed by atoms with van der Waals surface area (Å²) in [6, 6.07) is 24.1. The topological polar surface area (TPSA) is 59.1 Å². The van der Waals surface area contributed by atoms with Crippen LogP contribution in [0.2, 0.25) is 0 Å². The average Bonchev–Trinajstić information content (AvgIpc) is 3.58. The molecule has 0 N–H and O–H groups in total. The van der Waals surface area contributed by atoms with Gasteiger partial charge in [0.2, 0.25) is 10.0 Å². The second-order valence-corrected chi connectivity index (χ2v) is 10.9. The maximum Gasteiger partial charge on any atom is 0.243 e. The van der Waals surface area contributed by atoms with Gasteiger partial charge in [-0.2, -0.15) is 0 Å². The number of para-hydroxylation sites is 3. The third-order valence-corrected chi connectivity index (χ3v) is 7.01. The van der Waals surface area contributed by atoms with Crippen molar-refractivity contribution in [1.82, 2.24) is 0 Å². The number of benzene rings is 3. The molecule has 6 heteroatoms.